The maximum absolute atomic E-state index is 12.2. The van der Waals surface area contributed by atoms with E-state index in [0.717, 1.165) is 38.8 Å². The molecular weight excluding hydrogens is 318 g/mol. The molecule has 0 N–H and O–H groups in total. The summed E-state index contributed by atoms with van der Waals surface area (Å²) in [7, 11) is 0. The number of amides is 1. The van der Waals surface area contributed by atoms with Crippen LogP contribution < -0.4 is 0 Å². The average Bonchev–Trinajstić information content (AvgIpc) is 2.58. The third kappa shape index (κ3) is 6.77. The number of ether oxygens (including phenoxy) is 2. The monoisotopic (exact) mass is 347 g/mol. The van der Waals surface area contributed by atoms with E-state index in [9.17, 15) is 9.59 Å². The highest BCUT2D eigenvalue weighted by Crippen LogP contribution is 2.22. The summed E-state index contributed by atoms with van der Waals surface area (Å²) in [6.45, 7) is 7.54. The first-order valence-corrected chi connectivity index (χ1v) is 9.05. The van der Waals surface area contributed by atoms with E-state index in [1.54, 1.807) is 17.0 Å². The Bertz CT molecular complexity index is 565. The van der Waals surface area contributed by atoms with Gasteiger partial charge in [0.05, 0.1) is 12.2 Å². The van der Waals surface area contributed by atoms with Crippen molar-refractivity contribution in [2.24, 2.45) is 5.92 Å². The number of benzene rings is 1. The summed E-state index contributed by atoms with van der Waals surface area (Å²) in [6, 6.07) is 9.02. The standard InChI is InChI=1S/C20H29NO4/c1-20(2,3)25-19(23)21-13-7-9-16(15-21)10-8-14-24-18(22)17-11-5-4-6-12-17/h4-6,11-12,16H,7-10,13-15H2,1-3H3/t16-/m0/s1. The molecule has 2 rings (SSSR count). The molecule has 1 saturated heterocycles. The lowest BCUT2D eigenvalue weighted by atomic mass is 9.94. The molecule has 1 amide bonds. The van der Waals surface area contributed by atoms with Gasteiger partial charge in [-0.05, 0) is 64.5 Å². The van der Waals surface area contributed by atoms with Crippen molar-refractivity contribution < 1.29 is 19.1 Å². The first kappa shape index (κ1) is 19.3. The van der Waals surface area contributed by atoms with Gasteiger partial charge in [-0.15, -0.1) is 0 Å². The van der Waals surface area contributed by atoms with E-state index in [0.29, 0.717) is 18.1 Å². The van der Waals surface area contributed by atoms with Crippen molar-refractivity contribution in [3.8, 4) is 0 Å². The van der Waals surface area contributed by atoms with Crippen LogP contribution in [0, 0.1) is 5.92 Å². The Balaban J connectivity index is 1.69. The van der Waals surface area contributed by atoms with Gasteiger partial charge in [-0.25, -0.2) is 9.59 Å². The average molecular weight is 347 g/mol. The molecule has 1 aliphatic heterocycles. The topological polar surface area (TPSA) is 55.8 Å². The second-order valence-corrected chi connectivity index (χ2v) is 7.58. The first-order chi connectivity index (χ1) is 11.8. The summed E-state index contributed by atoms with van der Waals surface area (Å²) in [5.74, 6) is 0.163. The Hall–Kier alpha value is -2.04. The molecule has 1 heterocycles. The van der Waals surface area contributed by atoms with Gasteiger partial charge in [0.1, 0.15) is 5.60 Å². The lowest BCUT2D eigenvalue weighted by Gasteiger charge is -2.34. The van der Waals surface area contributed by atoms with Crippen LogP contribution in [-0.4, -0.2) is 42.3 Å². The summed E-state index contributed by atoms with van der Waals surface area (Å²) >= 11 is 0. The minimum atomic E-state index is -0.463. The lowest BCUT2D eigenvalue weighted by molar-refractivity contribution is 0.0157. The van der Waals surface area contributed by atoms with Crippen LogP contribution in [0.3, 0.4) is 0 Å². The van der Waals surface area contributed by atoms with Gasteiger partial charge in [-0.2, -0.15) is 0 Å². The van der Waals surface area contributed by atoms with Crippen molar-refractivity contribution in [1.29, 1.82) is 0 Å². The van der Waals surface area contributed by atoms with Crippen LogP contribution in [0.4, 0.5) is 4.79 Å². The Morgan fingerprint density at radius 2 is 1.92 bits per heavy atom. The molecule has 0 bridgehead atoms. The minimum absolute atomic E-state index is 0.229. The van der Waals surface area contributed by atoms with Gasteiger partial charge in [0, 0.05) is 13.1 Å². The summed E-state index contributed by atoms with van der Waals surface area (Å²) in [5.41, 5.74) is 0.117. The number of rotatable bonds is 5. The molecule has 138 valence electrons. The van der Waals surface area contributed by atoms with Crippen molar-refractivity contribution in [2.75, 3.05) is 19.7 Å². The number of carbonyl (C=O) groups excluding carboxylic acids is 2. The summed E-state index contributed by atoms with van der Waals surface area (Å²) in [4.78, 5) is 25.8. The predicted octanol–water partition coefficient (Wildman–Crippen LogP) is 4.27. The van der Waals surface area contributed by atoms with Crippen molar-refractivity contribution in [2.45, 2.75) is 52.1 Å². The number of carbonyl (C=O) groups is 2. The van der Waals surface area contributed by atoms with Gasteiger partial charge in [0.2, 0.25) is 0 Å². The number of hydrogen-bond donors (Lipinski definition) is 0. The van der Waals surface area contributed by atoms with Crippen molar-refractivity contribution in [1.82, 2.24) is 4.90 Å². The van der Waals surface area contributed by atoms with Crippen molar-refractivity contribution in [3.63, 3.8) is 0 Å². The Morgan fingerprint density at radius 3 is 2.60 bits per heavy atom. The van der Waals surface area contributed by atoms with Gasteiger partial charge in [0.15, 0.2) is 0 Å². The molecule has 1 aromatic rings. The highest BCUT2D eigenvalue weighted by Gasteiger charge is 2.27. The van der Waals surface area contributed by atoms with Crippen molar-refractivity contribution >= 4 is 12.1 Å². The Morgan fingerprint density at radius 1 is 1.20 bits per heavy atom. The van der Waals surface area contributed by atoms with Gasteiger partial charge >= 0.3 is 12.1 Å². The van der Waals surface area contributed by atoms with E-state index < -0.39 is 5.60 Å². The van der Waals surface area contributed by atoms with E-state index in [1.165, 1.54) is 0 Å². The highest BCUT2D eigenvalue weighted by atomic mass is 16.6. The van der Waals surface area contributed by atoms with Gasteiger partial charge in [0.25, 0.3) is 0 Å². The second kappa shape index (κ2) is 8.88. The van der Waals surface area contributed by atoms with E-state index in [4.69, 9.17) is 9.47 Å². The summed E-state index contributed by atoms with van der Waals surface area (Å²) in [5, 5.41) is 0. The largest absolute Gasteiger partial charge is 0.462 e. The molecule has 5 heteroatoms. The normalized spacial score (nSPS) is 17.9. The fraction of sp³-hybridized carbons (Fsp3) is 0.600. The third-order valence-corrected chi connectivity index (χ3v) is 4.17. The van der Waals surface area contributed by atoms with Crippen LogP contribution in [-0.2, 0) is 9.47 Å². The van der Waals surface area contributed by atoms with Crippen molar-refractivity contribution in [3.05, 3.63) is 35.9 Å². The van der Waals surface area contributed by atoms with Crippen LogP contribution in [0.5, 0.6) is 0 Å². The quantitative estimate of drug-likeness (QED) is 0.589. The SMILES string of the molecule is CC(C)(C)OC(=O)N1CCC[C@@H](CCCOC(=O)c2ccccc2)C1. The van der Waals surface area contributed by atoms with E-state index in [1.807, 2.05) is 39.0 Å². The van der Waals surface area contributed by atoms with Crippen LogP contribution in [0.15, 0.2) is 30.3 Å². The fourth-order valence-corrected chi connectivity index (χ4v) is 2.99. The molecule has 0 saturated carbocycles. The molecule has 0 unspecified atom stereocenters. The fourth-order valence-electron chi connectivity index (χ4n) is 2.99. The molecule has 0 aromatic heterocycles. The molecule has 0 aliphatic carbocycles. The van der Waals surface area contributed by atoms with Crippen LogP contribution in [0.2, 0.25) is 0 Å². The molecule has 5 nitrogen and oxygen atoms in total. The summed E-state index contributed by atoms with van der Waals surface area (Å²) < 4.78 is 10.8. The van der Waals surface area contributed by atoms with Gasteiger partial charge < -0.3 is 14.4 Å². The lowest BCUT2D eigenvalue weighted by Crippen LogP contribution is -2.42. The maximum Gasteiger partial charge on any atom is 0.410 e. The van der Waals surface area contributed by atoms with E-state index >= 15 is 0 Å². The highest BCUT2D eigenvalue weighted by molar-refractivity contribution is 5.89. The van der Waals surface area contributed by atoms with Crippen LogP contribution in [0.1, 0.15) is 56.8 Å². The second-order valence-electron chi connectivity index (χ2n) is 7.58. The van der Waals surface area contributed by atoms with Gasteiger partial charge in [-0.3, -0.25) is 0 Å². The van der Waals surface area contributed by atoms with Crippen LogP contribution in [0.25, 0.3) is 0 Å². The molecule has 1 aromatic carbocycles. The molecule has 0 spiro atoms. The van der Waals surface area contributed by atoms with Gasteiger partial charge in [-0.1, -0.05) is 18.2 Å². The zero-order valence-corrected chi connectivity index (χ0v) is 15.5. The predicted molar refractivity (Wildman–Crippen MR) is 96.5 cm³/mol. The number of hydrogen-bond acceptors (Lipinski definition) is 4. The molecule has 0 radical (unpaired) electrons. The Labute approximate surface area is 150 Å². The number of likely N-dealkylation sites (tertiary alicyclic amines) is 1. The minimum Gasteiger partial charge on any atom is -0.462 e. The first-order valence-electron chi connectivity index (χ1n) is 9.05. The molecule has 1 fully saturated rings. The Kier molecular flexibility index (Phi) is 6.85. The molecular formula is C20H29NO4. The van der Waals surface area contributed by atoms with E-state index in [-0.39, 0.29) is 12.1 Å². The van der Waals surface area contributed by atoms with E-state index in [2.05, 4.69) is 0 Å². The van der Waals surface area contributed by atoms with Crippen LogP contribution >= 0.6 is 0 Å². The number of piperidine rings is 1. The third-order valence-electron chi connectivity index (χ3n) is 4.17. The number of nitrogens with zero attached hydrogens (tertiary/aromatic N) is 1. The molecule has 1 aliphatic rings. The maximum atomic E-state index is 12.2. The molecule has 25 heavy (non-hydrogen) atoms. The smallest absolute Gasteiger partial charge is 0.410 e. The zero-order chi connectivity index (χ0) is 18.3. The molecule has 1 atom stereocenters. The zero-order valence-electron chi connectivity index (χ0n) is 15.5. The summed E-state index contributed by atoms with van der Waals surface area (Å²) in [6.07, 6.45) is 3.62. The number of esters is 1.